The molecule has 4 rings (SSSR count). The molecule has 0 saturated heterocycles. The first-order valence-electron chi connectivity index (χ1n) is 9.77. The summed E-state index contributed by atoms with van der Waals surface area (Å²) in [5.41, 5.74) is 2.00. The minimum Gasteiger partial charge on any atom is -0.335 e. The Kier molecular flexibility index (Phi) is 7.75. The molecule has 2 aromatic heterocycles. The van der Waals surface area contributed by atoms with Gasteiger partial charge in [0.15, 0.2) is 10.6 Å². The third-order valence-corrected chi connectivity index (χ3v) is 10.4. The van der Waals surface area contributed by atoms with Crippen molar-refractivity contribution in [1.82, 2.24) is 0 Å². The highest BCUT2D eigenvalue weighted by atomic mass is 127. The highest BCUT2D eigenvalue weighted by molar-refractivity contribution is 14.1. The number of hydrogen-bond acceptors (Lipinski definition) is 8. The molecule has 8 nitrogen and oxygen atoms in total. The normalized spacial score (nSPS) is 15.6. The molecule has 0 amide bonds. The van der Waals surface area contributed by atoms with E-state index in [4.69, 9.17) is 9.11 Å². The van der Waals surface area contributed by atoms with Crippen LogP contribution in [-0.4, -0.2) is 44.0 Å². The van der Waals surface area contributed by atoms with Gasteiger partial charge >= 0.3 is 0 Å². The molecule has 2 N–H and O–H groups in total. The number of halogens is 1. The molecule has 14 heteroatoms. The number of rotatable bonds is 9. The van der Waals surface area contributed by atoms with Gasteiger partial charge in [0.1, 0.15) is 0 Å². The highest BCUT2D eigenvalue weighted by Crippen LogP contribution is 2.47. The molecule has 0 spiro atoms. The van der Waals surface area contributed by atoms with Gasteiger partial charge in [-0.25, -0.2) is 0 Å². The van der Waals surface area contributed by atoms with E-state index in [0.717, 1.165) is 33.7 Å². The van der Waals surface area contributed by atoms with E-state index in [9.17, 15) is 16.8 Å². The number of nitrogens with zero attached hydrogens (tertiary/aromatic N) is 2. The molecule has 0 radical (unpaired) electrons. The van der Waals surface area contributed by atoms with Crippen LogP contribution in [0.25, 0.3) is 15.6 Å². The minimum atomic E-state index is -4.04. The molecule has 178 valence electrons. The zero-order valence-corrected chi connectivity index (χ0v) is 23.3. The number of benzene rings is 1. The van der Waals surface area contributed by atoms with Crippen molar-refractivity contribution >= 4 is 98.6 Å². The zero-order valence-electron chi connectivity index (χ0n) is 17.0. The van der Waals surface area contributed by atoms with Crippen molar-refractivity contribution in [2.45, 2.75) is 24.3 Å². The number of thioether (sulfide) groups is 1. The molecule has 33 heavy (non-hydrogen) atoms. The van der Waals surface area contributed by atoms with Crippen LogP contribution in [-0.2, 0) is 26.8 Å². The van der Waals surface area contributed by atoms with Crippen molar-refractivity contribution in [3.05, 3.63) is 43.3 Å². The molecule has 0 unspecified atom stereocenters. The van der Waals surface area contributed by atoms with Gasteiger partial charge in [-0.3, -0.25) is 9.11 Å². The molecule has 0 aliphatic carbocycles. The third-order valence-electron chi connectivity index (χ3n) is 4.87. The Morgan fingerprint density at radius 3 is 2.52 bits per heavy atom. The minimum absolute atomic E-state index is 0.273. The number of aryl methyl sites for hydroxylation is 1. The van der Waals surface area contributed by atoms with Crippen LogP contribution in [0.2, 0.25) is 0 Å². The number of fused-ring (bicyclic) bond motifs is 2. The van der Waals surface area contributed by atoms with Gasteiger partial charge in [-0.15, -0.1) is 11.3 Å². The fraction of sp³-hybridized carbons (Fsp3) is 0.316. The Bertz CT molecular complexity index is 1430. The van der Waals surface area contributed by atoms with E-state index < -0.39 is 20.2 Å². The van der Waals surface area contributed by atoms with Crippen LogP contribution in [0, 0.1) is 3.57 Å². The quantitative estimate of drug-likeness (QED) is 0.198. The van der Waals surface area contributed by atoms with E-state index in [1.54, 1.807) is 34.4 Å². The van der Waals surface area contributed by atoms with Crippen LogP contribution in [0.1, 0.15) is 17.8 Å². The van der Waals surface area contributed by atoms with Gasteiger partial charge in [0.25, 0.3) is 25.2 Å². The molecule has 1 aliphatic heterocycles. The van der Waals surface area contributed by atoms with E-state index in [2.05, 4.69) is 32.1 Å². The first kappa shape index (κ1) is 25.3. The third kappa shape index (κ3) is 6.48. The summed E-state index contributed by atoms with van der Waals surface area (Å²) in [7, 11) is -8.07. The summed E-state index contributed by atoms with van der Waals surface area (Å²) in [6.07, 6.45) is 2.59. The van der Waals surface area contributed by atoms with Gasteiger partial charge in [-0.1, -0.05) is 23.1 Å². The lowest BCUT2D eigenvalue weighted by Gasteiger charge is -2.20. The molecular weight excluding hydrogens is 639 g/mol. The van der Waals surface area contributed by atoms with Crippen molar-refractivity contribution in [3.8, 4) is 0 Å². The molecule has 0 fully saturated rings. The lowest BCUT2D eigenvalue weighted by atomic mass is 10.3. The fourth-order valence-electron chi connectivity index (χ4n) is 3.50. The lowest BCUT2D eigenvalue weighted by molar-refractivity contribution is -0.668. The van der Waals surface area contributed by atoms with Crippen LogP contribution >= 0.6 is 57.0 Å². The number of aromatic nitrogens is 1. The number of anilines is 1. The zero-order chi connectivity index (χ0) is 23.8. The molecule has 0 bridgehead atoms. The molecule has 0 atom stereocenters. The van der Waals surface area contributed by atoms with Crippen molar-refractivity contribution in [1.29, 1.82) is 0 Å². The van der Waals surface area contributed by atoms with Crippen molar-refractivity contribution < 1.29 is 30.5 Å². The topological polar surface area (TPSA) is 116 Å². The maximum absolute atomic E-state index is 11.2. The number of thiazole rings is 1. The van der Waals surface area contributed by atoms with Gasteiger partial charge in [0.2, 0.25) is 5.52 Å². The summed E-state index contributed by atoms with van der Waals surface area (Å²) < 4.78 is 67.2. The first-order chi connectivity index (χ1) is 15.5. The van der Waals surface area contributed by atoms with Crippen LogP contribution in [0.5, 0.6) is 0 Å². The molecule has 1 aromatic carbocycles. The summed E-state index contributed by atoms with van der Waals surface area (Å²) in [6.45, 7) is 0.863. The summed E-state index contributed by atoms with van der Waals surface area (Å²) in [4.78, 5) is 3.12. The first-order valence-corrected chi connectivity index (χ1v) is 16.6. The predicted octanol–water partition coefficient (Wildman–Crippen LogP) is 4.32. The second kappa shape index (κ2) is 10.1. The Labute approximate surface area is 218 Å². The van der Waals surface area contributed by atoms with Crippen molar-refractivity contribution in [3.63, 3.8) is 0 Å². The summed E-state index contributed by atoms with van der Waals surface area (Å²) in [5.74, 6) is -0.622. The fourth-order valence-corrected chi connectivity index (χ4v) is 8.32. The number of thiophene rings is 1. The van der Waals surface area contributed by atoms with E-state index in [-0.39, 0.29) is 24.3 Å². The van der Waals surface area contributed by atoms with Gasteiger partial charge < -0.3 is 4.90 Å². The van der Waals surface area contributed by atoms with Crippen LogP contribution in [0.15, 0.2) is 39.6 Å². The van der Waals surface area contributed by atoms with Gasteiger partial charge in [0.05, 0.1) is 28.3 Å². The van der Waals surface area contributed by atoms with E-state index in [0.29, 0.717) is 13.1 Å². The Hall–Kier alpha value is -0.750. The van der Waals surface area contributed by atoms with E-state index in [1.807, 2.05) is 35.7 Å². The largest absolute Gasteiger partial charge is 0.335 e. The Morgan fingerprint density at radius 2 is 1.79 bits per heavy atom. The SMILES string of the molecule is O=S(=O)(O)CCCN1C(=Cc2sc3sccc3[n+]2CCCS(=O)(=O)O)Sc2ccc(I)cc21. The maximum Gasteiger partial charge on any atom is 0.266 e. The second-order valence-corrected chi connectivity index (χ2v) is 15.0. The molecule has 1 aliphatic rings. The molecular formula is C19H20IN2O6S5+. The van der Waals surface area contributed by atoms with E-state index >= 15 is 0 Å². The van der Waals surface area contributed by atoms with Crippen LogP contribution in [0.4, 0.5) is 5.69 Å². The summed E-state index contributed by atoms with van der Waals surface area (Å²) in [6, 6.07) is 8.09. The van der Waals surface area contributed by atoms with Crippen molar-refractivity contribution in [2.75, 3.05) is 23.0 Å². The van der Waals surface area contributed by atoms with Gasteiger partial charge in [0, 0.05) is 27.5 Å². The summed E-state index contributed by atoms with van der Waals surface area (Å²) in [5, 5.41) is 3.86. The number of hydrogen-bond donors (Lipinski definition) is 2. The molecule has 0 saturated carbocycles. The predicted molar refractivity (Wildman–Crippen MR) is 142 cm³/mol. The lowest BCUT2D eigenvalue weighted by Crippen LogP contribution is -2.36. The second-order valence-electron chi connectivity index (χ2n) is 7.31. The summed E-state index contributed by atoms with van der Waals surface area (Å²) >= 11 is 7.04. The van der Waals surface area contributed by atoms with E-state index in [1.165, 1.54) is 0 Å². The monoisotopic (exact) mass is 659 g/mol. The van der Waals surface area contributed by atoms with Crippen LogP contribution < -0.4 is 9.47 Å². The standard InChI is InChI=1S/C19H19IN2O6S5/c20-13-3-4-16-15(11-13)22(7-2-10-33(26,27)28)17(30-16)12-18-21(6-1-9-32(23,24)25)14-5-8-29-19(14)31-18/h3-5,8,11-12H,1-2,6-7,9-10H2,(H-,23,24,25,26,27,28)/p+1. The molecule has 3 aromatic rings. The maximum atomic E-state index is 11.2. The smallest absolute Gasteiger partial charge is 0.266 e. The van der Waals surface area contributed by atoms with Crippen molar-refractivity contribution in [2.24, 2.45) is 0 Å². The van der Waals surface area contributed by atoms with Crippen LogP contribution in [0.3, 0.4) is 0 Å². The Balaban J connectivity index is 1.67. The van der Waals surface area contributed by atoms with Gasteiger partial charge in [-0.05, 0) is 52.6 Å². The average Bonchev–Trinajstić information content (AvgIpc) is 3.35. The van der Waals surface area contributed by atoms with Gasteiger partial charge in [-0.2, -0.15) is 21.4 Å². The Morgan fingerprint density at radius 1 is 1.06 bits per heavy atom. The average molecular weight is 660 g/mol. The molecule has 3 heterocycles. The highest BCUT2D eigenvalue weighted by Gasteiger charge is 2.28.